The van der Waals surface area contributed by atoms with Crippen LogP contribution in [-0.4, -0.2) is 28.0 Å². The minimum atomic E-state index is -4.05. The van der Waals surface area contributed by atoms with E-state index in [1.165, 1.54) is 50.3 Å². The Morgan fingerprint density at radius 1 is 0.852 bits per heavy atom. The Morgan fingerprint density at radius 2 is 1.30 bits per heavy atom. The molecule has 4 nitrogen and oxygen atoms in total. The molecule has 1 rings (SSSR count). The Morgan fingerprint density at radius 3 is 1.74 bits per heavy atom. The van der Waals surface area contributed by atoms with E-state index >= 15 is 0 Å². The lowest BCUT2D eigenvalue weighted by Crippen LogP contribution is -2.15. The van der Waals surface area contributed by atoms with Gasteiger partial charge in [-0.1, -0.05) is 78.0 Å². The van der Waals surface area contributed by atoms with Gasteiger partial charge in [0.1, 0.15) is 0 Å². The highest BCUT2D eigenvalue weighted by Gasteiger charge is 2.19. The Labute approximate surface area is 166 Å². The summed E-state index contributed by atoms with van der Waals surface area (Å²) in [6, 6.07) is 6.79. The molecule has 1 aromatic rings. The van der Waals surface area contributed by atoms with E-state index in [0.29, 0.717) is 18.4 Å². The van der Waals surface area contributed by atoms with Crippen LogP contribution in [0.2, 0.25) is 0 Å². The summed E-state index contributed by atoms with van der Waals surface area (Å²) >= 11 is 0. The SMILES string of the molecule is CC(C)c1cccc(C(C)C)c1CCCCCCCCCN(C)P(=O)(O)O. The van der Waals surface area contributed by atoms with Gasteiger partial charge in [0.2, 0.25) is 0 Å². The first-order chi connectivity index (χ1) is 12.6. The maximum Gasteiger partial charge on any atom is 0.402 e. The van der Waals surface area contributed by atoms with Crippen LogP contribution in [0.1, 0.15) is 101 Å². The molecule has 0 spiro atoms. The van der Waals surface area contributed by atoms with E-state index < -0.39 is 7.75 Å². The summed E-state index contributed by atoms with van der Waals surface area (Å²) in [7, 11) is -2.56. The lowest BCUT2D eigenvalue weighted by Gasteiger charge is -2.19. The van der Waals surface area contributed by atoms with E-state index in [2.05, 4.69) is 45.9 Å². The van der Waals surface area contributed by atoms with E-state index in [4.69, 9.17) is 9.79 Å². The van der Waals surface area contributed by atoms with Crippen LogP contribution in [0.5, 0.6) is 0 Å². The highest BCUT2D eigenvalue weighted by Crippen LogP contribution is 2.38. The molecule has 0 bridgehead atoms. The number of hydrogen-bond acceptors (Lipinski definition) is 1. The highest BCUT2D eigenvalue weighted by molar-refractivity contribution is 7.49. The highest BCUT2D eigenvalue weighted by atomic mass is 31.2. The van der Waals surface area contributed by atoms with Crippen molar-refractivity contribution >= 4 is 7.75 Å². The van der Waals surface area contributed by atoms with Gasteiger partial charge in [-0.25, -0.2) is 9.24 Å². The fraction of sp³-hybridized carbons (Fsp3) is 0.727. The van der Waals surface area contributed by atoms with Gasteiger partial charge >= 0.3 is 7.75 Å². The number of nitrogens with zero attached hydrogens (tertiary/aromatic N) is 1. The Hall–Kier alpha value is -0.670. The lowest BCUT2D eigenvalue weighted by atomic mass is 9.86. The normalized spacial score (nSPS) is 12.5. The molecule has 0 saturated heterocycles. The zero-order valence-corrected chi connectivity index (χ0v) is 18.8. The largest absolute Gasteiger partial charge is 0.402 e. The van der Waals surface area contributed by atoms with Crippen LogP contribution in [0.25, 0.3) is 0 Å². The van der Waals surface area contributed by atoms with Gasteiger partial charge in [0.15, 0.2) is 0 Å². The molecule has 0 fully saturated rings. The Kier molecular flexibility index (Phi) is 10.8. The van der Waals surface area contributed by atoms with Crippen LogP contribution < -0.4 is 0 Å². The van der Waals surface area contributed by atoms with Crippen LogP contribution in [-0.2, 0) is 11.0 Å². The molecule has 0 atom stereocenters. The molecule has 27 heavy (non-hydrogen) atoms. The number of benzene rings is 1. The summed E-state index contributed by atoms with van der Waals surface area (Å²) in [6.07, 6.45) is 9.16. The molecule has 156 valence electrons. The predicted molar refractivity (Wildman–Crippen MR) is 115 cm³/mol. The van der Waals surface area contributed by atoms with E-state index in [1.54, 1.807) is 5.56 Å². The summed E-state index contributed by atoms with van der Waals surface area (Å²) in [6.45, 7) is 9.60. The van der Waals surface area contributed by atoms with Crippen LogP contribution in [0.15, 0.2) is 18.2 Å². The molecule has 2 N–H and O–H groups in total. The molecule has 0 amide bonds. The molecule has 0 saturated carbocycles. The van der Waals surface area contributed by atoms with Gasteiger partial charge in [0.25, 0.3) is 0 Å². The molecule has 0 aliphatic rings. The second-order valence-electron chi connectivity index (χ2n) is 8.34. The standard InChI is InChI=1S/C22H40NO3P/c1-18(2)20-15-13-16-21(19(3)4)22(20)14-11-9-7-6-8-10-12-17-23(5)27(24,25)26/h13,15-16,18-19H,6-12,14,17H2,1-5H3,(H2,24,25,26). The van der Waals surface area contributed by atoms with Crippen LogP contribution in [0, 0.1) is 0 Å². The molecule has 0 unspecified atom stereocenters. The van der Waals surface area contributed by atoms with Crippen LogP contribution in [0.3, 0.4) is 0 Å². The van der Waals surface area contributed by atoms with Crippen molar-refractivity contribution in [3.8, 4) is 0 Å². The summed E-state index contributed by atoms with van der Waals surface area (Å²) in [4.78, 5) is 18.0. The quantitative estimate of drug-likeness (QED) is 0.306. The van der Waals surface area contributed by atoms with Gasteiger partial charge in [-0.15, -0.1) is 0 Å². The molecule has 0 aliphatic carbocycles. The molecule has 0 aliphatic heterocycles. The third kappa shape index (κ3) is 8.91. The van der Waals surface area contributed by atoms with Crippen molar-refractivity contribution < 1.29 is 14.4 Å². The number of rotatable bonds is 13. The van der Waals surface area contributed by atoms with Gasteiger partial charge in [-0.2, -0.15) is 0 Å². The van der Waals surface area contributed by atoms with Gasteiger partial charge < -0.3 is 9.79 Å². The van der Waals surface area contributed by atoms with Gasteiger partial charge in [-0.05, 0) is 54.8 Å². The molecule has 0 heterocycles. The molecule has 0 radical (unpaired) electrons. The van der Waals surface area contributed by atoms with E-state index in [0.717, 1.165) is 23.9 Å². The van der Waals surface area contributed by atoms with Crippen molar-refractivity contribution in [2.24, 2.45) is 0 Å². The van der Waals surface area contributed by atoms with Crippen molar-refractivity contribution in [3.63, 3.8) is 0 Å². The molecule has 0 aromatic heterocycles. The van der Waals surface area contributed by atoms with Crippen molar-refractivity contribution in [3.05, 3.63) is 34.9 Å². The Bertz CT molecular complexity index is 569. The summed E-state index contributed by atoms with van der Waals surface area (Å²) in [5.41, 5.74) is 4.59. The fourth-order valence-electron chi connectivity index (χ4n) is 3.65. The maximum atomic E-state index is 11.0. The summed E-state index contributed by atoms with van der Waals surface area (Å²) in [5.74, 6) is 1.15. The second-order valence-corrected chi connectivity index (χ2v) is 10.1. The topological polar surface area (TPSA) is 60.8 Å². The molecule has 1 aromatic carbocycles. The minimum Gasteiger partial charge on any atom is -0.312 e. The fourth-order valence-corrected chi connectivity index (χ4v) is 4.05. The number of hydrogen-bond donors (Lipinski definition) is 2. The van der Waals surface area contributed by atoms with Gasteiger partial charge in [0, 0.05) is 6.54 Å². The van der Waals surface area contributed by atoms with E-state index in [1.807, 2.05) is 0 Å². The first kappa shape index (κ1) is 24.4. The Balaban J connectivity index is 2.28. The summed E-state index contributed by atoms with van der Waals surface area (Å²) in [5, 5.41) is 0. The average Bonchev–Trinajstić information content (AvgIpc) is 2.58. The smallest absolute Gasteiger partial charge is 0.312 e. The van der Waals surface area contributed by atoms with Gasteiger partial charge in [-0.3, -0.25) is 0 Å². The zero-order chi connectivity index (χ0) is 20.4. The van der Waals surface area contributed by atoms with Gasteiger partial charge in [0.05, 0.1) is 0 Å². The third-order valence-corrected chi connectivity index (χ3v) is 6.44. The van der Waals surface area contributed by atoms with E-state index in [-0.39, 0.29) is 0 Å². The summed E-state index contributed by atoms with van der Waals surface area (Å²) < 4.78 is 12.2. The molecule has 5 heteroatoms. The van der Waals surface area contributed by atoms with Crippen LogP contribution >= 0.6 is 7.75 Å². The second kappa shape index (κ2) is 12.0. The van der Waals surface area contributed by atoms with Crippen molar-refractivity contribution in [1.29, 1.82) is 0 Å². The molecular formula is C22H40NO3P. The minimum absolute atomic E-state index is 0.467. The maximum absolute atomic E-state index is 11.0. The monoisotopic (exact) mass is 397 g/mol. The first-order valence-electron chi connectivity index (χ1n) is 10.5. The van der Waals surface area contributed by atoms with Crippen LogP contribution in [0.4, 0.5) is 0 Å². The average molecular weight is 398 g/mol. The first-order valence-corrected chi connectivity index (χ1v) is 12.1. The van der Waals surface area contributed by atoms with Crippen molar-refractivity contribution in [2.75, 3.05) is 13.6 Å². The predicted octanol–water partition coefficient (Wildman–Crippen LogP) is 6.23. The zero-order valence-electron chi connectivity index (χ0n) is 17.9. The number of unbranched alkanes of at least 4 members (excludes halogenated alkanes) is 6. The third-order valence-electron chi connectivity index (χ3n) is 5.35. The van der Waals surface area contributed by atoms with Crippen molar-refractivity contribution in [2.45, 2.75) is 90.9 Å². The van der Waals surface area contributed by atoms with E-state index in [9.17, 15) is 4.57 Å². The lowest BCUT2D eigenvalue weighted by molar-refractivity contribution is 0.288. The van der Waals surface area contributed by atoms with Crippen molar-refractivity contribution in [1.82, 2.24) is 4.67 Å². The molecular weight excluding hydrogens is 357 g/mol.